The highest BCUT2D eigenvalue weighted by Gasteiger charge is 2.29. The van der Waals surface area contributed by atoms with Gasteiger partial charge in [0.05, 0.1) is 11.1 Å². The molecular weight excluding hydrogens is 490 g/mol. The number of aromatic amines is 1. The maximum Gasteiger partial charge on any atom is 0.414 e. The van der Waals surface area contributed by atoms with E-state index in [0.717, 1.165) is 22.3 Å². The number of nitrogens with zero attached hydrogens (tertiary/aromatic N) is 1. The van der Waals surface area contributed by atoms with Gasteiger partial charge in [-0.05, 0) is 46.0 Å². The summed E-state index contributed by atoms with van der Waals surface area (Å²) < 4.78 is 5.91. The number of thiophene rings is 1. The smallest absolute Gasteiger partial charge is 0.414 e. The normalized spacial score (nSPS) is 12.2. The minimum absolute atomic E-state index is 0.0293. The Morgan fingerprint density at radius 1 is 0.973 bits per heavy atom. The predicted molar refractivity (Wildman–Crippen MR) is 141 cm³/mol. The summed E-state index contributed by atoms with van der Waals surface area (Å²) in [5.41, 5.74) is 5.24. The van der Waals surface area contributed by atoms with Crippen LogP contribution in [-0.2, 0) is 4.74 Å². The van der Waals surface area contributed by atoms with Crippen LogP contribution in [0.1, 0.15) is 27.4 Å². The zero-order valence-electron chi connectivity index (χ0n) is 19.2. The lowest BCUT2D eigenvalue weighted by molar-refractivity contribution is 0.0697. The Morgan fingerprint density at radius 3 is 2.38 bits per heavy atom. The van der Waals surface area contributed by atoms with Crippen molar-refractivity contribution >= 4 is 39.6 Å². The van der Waals surface area contributed by atoms with E-state index in [0.29, 0.717) is 20.7 Å². The van der Waals surface area contributed by atoms with Crippen molar-refractivity contribution in [1.29, 1.82) is 0 Å². The first-order valence-electron chi connectivity index (χ1n) is 11.5. The summed E-state index contributed by atoms with van der Waals surface area (Å²) in [4.78, 5) is 44.2. The molecule has 0 unspecified atom stereocenters. The third-order valence-corrected chi connectivity index (χ3v) is 7.51. The molecule has 182 valence electrons. The Balaban J connectivity index is 1.21. The Hall–Kier alpha value is -4.76. The highest BCUT2D eigenvalue weighted by atomic mass is 32.1. The third kappa shape index (κ3) is 4.15. The Morgan fingerprint density at radius 2 is 1.68 bits per heavy atom. The lowest BCUT2D eigenvalue weighted by Crippen LogP contribution is -2.21. The number of rotatable bonds is 5. The minimum atomic E-state index is -1.03. The average molecular weight is 510 g/mol. The van der Waals surface area contributed by atoms with E-state index in [1.165, 1.54) is 23.5 Å². The molecule has 2 aromatic heterocycles. The summed E-state index contributed by atoms with van der Waals surface area (Å²) in [6.45, 7) is 0.134. The van der Waals surface area contributed by atoms with Gasteiger partial charge in [-0.1, -0.05) is 60.7 Å². The van der Waals surface area contributed by atoms with E-state index in [4.69, 9.17) is 4.74 Å². The largest absolute Gasteiger partial charge is 0.478 e. The molecule has 0 fully saturated rings. The van der Waals surface area contributed by atoms with Gasteiger partial charge in [-0.25, -0.2) is 14.6 Å². The number of fused-ring (bicyclic) bond motifs is 4. The number of benzene rings is 3. The number of carboxylic acids is 1. The summed E-state index contributed by atoms with van der Waals surface area (Å²) in [5, 5.41) is 11.8. The molecule has 0 saturated carbocycles. The Kier molecular flexibility index (Phi) is 5.54. The molecule has 0 saturated heterocycles. The number of H-pyrrole nitrogens is 1. The van der Waals surface area contributed by atoms with Gasteiger partial charge in [0.25, 0.3) is 5.56 Å². The summed E-state index contributed by atoms with van der Waals surface area (Å²) in [6.07, 6.45) is -0.728. The fourth-order valence-corrected chi connectivity index (χ4v) is 5.67. The molecule has 9 heteroatoms. The fraction of sp³-hybridized carbons (Fsp3) is 0.0714. The van der Waals surface area contributed by atoms with E-state index in [9.17, 15) is 19.5 Å². The van der Waals surface area contributed by atoms with Crippen LogP contribution in [0, 0.1) is 0 Å². The van der Waals surface area contributed by atoms with Gasteiger partial charge in [0, 0.05) is 10.8 Å². The fourth-order valence-electron chi connectivity index (χ4n) is 4.68. The highest BCUT2D eigenvalue weighted by Crippen LogP contribution is 2.44. The van der Waals surface area contributed by atoms with Crippen LogP contribution in [0.5, 0.6) is 0 Å². The number of anilines is 1. The maximum absolute atomic E-state index is 12.7. The molecule has 0 aliphatic heterocycles. The van der Waals surface area contributed by atoms with Crippen molar-refractivity contribution in [1.82, 2.24) is 9.97 Å². The van der Waals surface area contributed by atoms with Crippen molar-refractivity contribution in [2.24, 2.45) is 0 Å². The first-order valence-corrected chi connectivity index (χ1v) is 12.3. The van der Waals surface area contributed by atoms with Crippen LogP contribution in [0.4, 0.5) is 10.7 Å². The van der Waals surface area contributed by atoms with Crippen molar-refractivity contribution < 1.29 is 19.4 Å². The average Bonchev–Trinajstić information content (AvgIpc) is 3.47. The maximum atomic E-state index is 12.7. The number of carbonyl (C=O) groups excluding carboxylic acids is 1. The van der Waals surface area contributed by atoms with Gasteiger partial charge in [0.15, 0.2) is 0 Å². The summed E-state index contributed by atoms with van der Waals surface area (Å²) in [6, 6.07) is 24.2. The molecule has 1 aliphatic carbocycles. The molecule has 1 aliphatic rings. The van der Waals surface area contributed by atoms with E-state index >= 15 is 0 Å². The molecule has 0 bridgehead atoms. The van der Waals surface area contributed by atoms with E-state index in [1.807, 2.05) is 36.4 Å². The van der Waals surface area contributed by atoms with Gasteiger partial charge in [0.1, 0.15) is 11.3 Å². The second-order valence-electron chi connectivity index (χ2n) is 8.58. The van der Waals surface area contributed by atoms with Gasteiger partial charge < -0.3 is 9.84 Å². The minimum Gasteiger partial charge on any atom is -0.478 e. The van der Waals surface area contributed by atoms with Crippen molar-refractivity contribution in [3.05, 3.63) is 106 Å². The van der Waals surface area contributed by atoms with E-state index in [1.54, 1.807) is 18.2 Å². The van der Waals surface area contributed by atoms with Crippen molar-refractivity contribution in [3.63, 3.8) is 0 Å². The quantitative estimate of drug-likeness (QED) is 0.279. The zero-order chi connectivity index (χ0) is 25.5. The van der Waals surface area contributed by atoms with Crippen molar-refractivity contribution in [2.75, 3.05) is 11.9 Å². The zero-order valence-corrected chi connectivity index (χ0v) is 20.0. The highest BCUT2D eigenvalue weighted by molar-refractivity contribution is 7.22. The van der Waals surface area contributed by atoms with Crippen LogP contribution in [0.2, 0.25) is 0 Å². The van der Waals surface area contributed by atoms with Crippen LogP contribution < -0.4 is 10.9 Å². The monoisotopic (exact) mass is 509 g/mol. The van der Waals surface area contributed by atoms with Crippen LogP contribution in [0.3, 0.4) is 0 Å². The number of aromatic carboxylic acids is 1. The van der Waals surface area contributed by atoms with Gasteiger partial charge in [-0.15, -0.1) is 11.3 Å². The molecule has 0 atom stereocenters. The molecule has 2 heterocycles. The number of nitrogens with one attached hydrogen (secondary N) is 2. The van der Waals surface area contributed by atoms with E-state index in [-0.39, 0.29) is 24.0 Å². The molecule has 6 rings (SSSR count). The Bertz CT molecular complexity index is 1710. The molecule has 3 aromatic carbocycles. The topological polar surface area (TPSA) is 121 Å². The van der Waals surface area contributed by atoms with Crippen LogP contribution in [0.15, 0.2) is 83.7 Å². The number of hydrogen-bond acceptors (Lipinski definition) is 6. The first kappa shape index (κ1) is 22.7. The van der Waals surface area contributed by atoms with Crippen LogP contribution in [0.25, 0.3) is 31.8 Å². The number of ether oxygens (including phenoxy) is 1. The predicted octanol–water partition coefficient (Wildman–Crippen LogP) is 5.71. The molecule has 0 spiro atoms. The summed E-state index contributed by atoms with van der Waals surface area (Å²) in [7, 11) is 0. The Labute approximate surface area is 214 Å². The molecular formula is C28H19N3O5S. The van der Waals surface area contributed by atoms with Crippen molar-refractivity contribution in [3.8, 4) is 21.6 Å². The summed E-state index contributed by atoms with van der Waals surface area (Å²) >= 11 is 1.20. The van der Waals surface area contributed by atoms with E-state index in [2.05, 4.69) is 27.4 Å². The molecule has 0 radical (unpaired) electrons. The summed E-state index contributed by atoms with van der Waals surface area (Å²) in [5.74, 6) is -1.15. The molecule has 5 aromatic rings. The number of carboxylic acid groups (broad SMARTS) is 1. The van der Waals surface area contributed by atoms with Crippen LogP contribution in [-0.4, -0.2) is 33.7 Å². The molecule has 8 nitrogen and oxygen atoms in total. The number of amides is 1. The number of carbonyl (C=O) groups is 2. The lowest BCUT2D eigenvalue weighted by Gasteiger charge is -2.14. The lowest BCUT2D eigenvalue weighted by atomic mass is 9.98. The second-order valence-corrected chi connectivity index (χ2v) is 9.63. The van der Waals surface area contributed by atoms with Gasteiger partial charge >= 0.3 is 12.1 Å². The number of aromatic nitrogens is 2. The van der Waals surface area contributed by atoms with Gasteiger partial charge in [-0.2, -0.15) is 0 Å². The second kappa shape index (κ2) is 9.03. The SMILES string of the molecule is O=C(Nc1nc2cc(-c3cccc(C(=O)O)c3)sc2c(=O)[nH]1)OCC1c2ccccc2-c2ccccc21. The van der Waals surface area contributed by atoms with Gasteiger partial charge in [-0.3, -0.25) is 15.1 Å². The van der Waals surface area contributed by atoms with Crippen LogP contribution >= 0.6 is 11.3 Å². The first-order chi connectivity index (χ1) is 18.0. The van der Waals surface area contributed by atoms with E-state index < -0.39 is 17.6 Å². The molecule has 3 N–H and O–H groups in total. The standard InChI is InChI=1S/C28H19N3O5S/c32-25-24-22(13-23(37-24)15-6-5-7-16(12-15)26(33)34)29-27(30-25)31-28(35)36-14-21-19-10-3-1-8-17(19)18-9-2-4-11-20(18)21/h1-13,21H,14H2,(H,33,34)(H2,29,30,31,32,35). The van der Waals surface area contributed by atoms with Crippen molar-refractivity contribution in [2.45, 2.75) is 5.92 Å². The third-order valence-electron chi connectivity index (χ3n) is 6.34. The van der Waals surface area contributed by atoms with Gasteiger partial charge in [0.2, 0.25) is 5.95 Å². The molecule has 37 heavy (non-hydrogen) atoms. The molecule has 1 amide bonds. The number of hydrogen-bond donors (Lipinski definition) is 3.